The molecule has 3 atom stereocenters. The Hall–Kier alpha value is -1.02. The number of allylic oxidation sites excluding steroid dienone is 4. The molecule has 1 amide bonds. The molecule has 63 heavy (non-hydrogen) atoms. The van der Waals surface area contributed by atoms with Crippen molar-refractivity contribution in [2.75, 3.05) is 40.9 Å². The fourth-order valence-electron chi connectivity index (χ4n) is 8.14. The predicted octanol–water partition coefficient (Wildman–Crippen LogP) is 16.0. The Balaban J connectivity index is 4.13. The topological polar surface area (TPSA) is 105 Å². The van der Waals surface area contributed by atoms with Crippen LogP contribution in [0.5, 0.6) is 0 Å². The number of rotatable bonds is 50. The summed E-state index contributed by atoms with van der Waals surface area (Å²) >= 11 is 0. The Labute approximate surface area is 392 Å². The highest BCUT2D eigenvalue weighted by Crippen LogP contribution is 2.43. The summed E-state index contributed by atoms with van der Waals surface area (Å²) in [6.45, 7) is 4.91. The summed E-state index contributed by atoms with van der Waals surface area (Å²) < 4.78 is 23.7. The van der Waals surface area contributed by atoms with Crippen LogP contribution < -0.4 is 5.32 Å². The number of nitrogens with zero attached hydrogens (tertiary/aromatic N) is 1. The molecule has 0 aromatic rings. The summed E-state index contributed by atoms with van der Waals surface area (Å²) in [5, 5.41) is 14.0. The average Bonchev–Trinajstić information content (AvgIpc) is 3.24. The van der Waals surface area contributed by atoms with E-state index >= 15 is 0 Å². The molecule has 0 heterocycles. The SMILES string of the molecule is CCCCCCCCCCC/C=C\C/C=C\CCCCCCCCCCCCCC(=O)NC(COP(=O)(O)OCC[N+](C)(C)C)C(O)CCCCCCCCCCCCCCCC. The third-order valence-corrected chi connectivity index (χ3v) is 13.4. The Morgan fingerprint density at radius 1 is 0.540 bits per heavy atom. The first-order valence-electron chi connectivity index (χ1n) is 27.2. The second-order valence-corrected chi connectivity index (χ2v) is 21.4. The molecule has 3 unspecified atom stereocenters. The van der Waals surface area contributed by atoms with E-state index in [2.05, 4.69) is 43.5 Å². The molecule has 3 N–H and O–H groups in total. The van der Waals surface area contributed by atoms with Crippen molar-refractivity contribution in [3.8, 4) is 0 Å². The van der Waals surface area contributed by atoms with E-state index in [1.807, 2.05) is 21.1 Å². The highest BCUT2D eigenvalue weighted by Gasteiger charge is 2.28. The summed E-state index contributed by atoms with van der Waals surface area (Å²) in [7, 11) is 1.62. The minimum absolute atomic E-state index is 0.0754. The van der Waals surface area contributed by atoms with Gasteiger partial charge in [0.2, 0.25) is 5.91 Å². The molecule has 9 heteroatoms. The Morgan fingerprint density at radius 2 is 0.905 bits per heavy atom. The molecule has 0 aromatic heterocycles. The molecule has 0 aromatic carbocycles. The van der Waals surface area contributed by atoms with Crippen molar-refractivity contribution in [2.45, 2.75) is 276 Å². The minimum atomic E-state index is -4.32. The normalized spacial score (nSPS) is 14.2. The number of carbonyl (C=O) groups is 1. The lowest BCUT2D eigenvalue weighted by Crippen LogP contribution is -2.46. The number of hydrogen-bond acceptors (Lipinski definition) is 5. The molecule has 0 aliphatic rings. The van der Waals surface area contributed by atoms with Gasteiger partial charge < -0.3 is 19.8 Å². The first kappa shape index (κ1) is 62.0. The van der Waals surface area contributed by atoms with Crippen LogP contribution in [0.3, 0.4) is 0 Å². The number of likely N-dealkylation sites (N-methyl/N-ethyl adjacent to an activating group) is 1. The highest BCUT2D eigenvalue weighted by atomic mass is 31.2. The molecule has 0 spiro atoms. The zero-order valence-electron chi connectivity index (χ0n) is 42.6. The average molecular weight is 912 g/mol. The molecule has 0 bridgehead atoms. The number of phosphoric ester groups is 1. The second kappa shape index (κ2) is 46.1. The lowest BCUT2D eigenvalue weighted by Gasteiger charge is -2.26. The maximum atomic E-state index is 13.0. The number of unbranched alkanes of at least 4 members (excludes halogenated alkanes) is 33. The largest absolute Gasteiger partial charge is 0.472 e. The number of phosphoric acid groups is 1. The van der Waals surface area contributed by atoms with E-state index in [9.17, 15) is 19.4 Å². The monoisotopic (exact) mass is 912 g/mol. The second-order valence-electron chi connectivity index (χ2n) is 20.0. The van der Waals surface area contributed by atoms with E-state index in [4.69, 9.17) is 9.05 Å². The lowest BCUT2D eigenvalue weighted by molar-refractivity contribution is -0.870. The van der Waals surface area contributed by atoms with E-state index < -0.39 is 20.0 Å². The van der Waals surface area contributed by atoms with Gasteiger partial charge >= 0.3 is 7.82 Å². The molecular formula is C54H108N2O6P+. The fourth-order valence-corrected chi connectivity index (χ4v) is 8.87. The quantitative estimate of drug-likeness (QED) is 0.0243. The van der Waals surface area contributed by atoms with Gasteiger partial charge in [0.05, 0.1) is 39.9 Å². The standard InChI is InChI=1S/C54H107N2O6P/c1-6-8-10-12-14-16-18-20-22-23-24-25-26-27-28-29-30-31-32-33-34-36-38-40-42-44-46-48-54(58)55-52(51-62-63(59,60)61-50-49-56(3,4)5)53(57)47-45-43-41-39-37-35-21-19-17-15-13-11-9-7-2/h24-25,27-28,52-53,57H,6-23,26,29-51H2,1-5H3,(H-,55,58,59,60)/p+1/b25-24-,28-27-. The van der Waals surface area contributed by atoms with Crippen molar-refractivity contribution in [3.63, 3.8) is 0 Å². The van der Waals surface area contributed by atoms with Crippen LogP contribution in [0.25, 0.3) is 0 Å². The van der Waals surface area contributed by atoms with Crippen molar-refractivity contribution in [1.82, 2.24) is 5.32 Å². The van der Waals surface area contributed by atoms with Gasteiger partial charge in [0.1, 0.15) is 13.2 Å². The first-order chi connectivity index (χ1) is 30.5. The molecule has 374 valence electrons. The maximum Gasteiger partial charge on any atom is 0.472 e. The van der Waals surface area contributed by atoms with Gasteiger partial charge in [0.25, 0.3) is 0 Å². The number of aliphatic hydroxyl groups excluding tert-OH is 1. The van der Waals surface area contributed by atoms with Crippen molar-refractivity contribution in [3.05, 3.63) is 24.3 Å². The lowest BCUT2D eigenvalue weighted by atomic mass is 10.0. The van der Waals surface area contributed by atoms with Gasteiger partial charge in [-0.05, 0) is 44.9 Å². The van der Waals surface area contributed by atoms with E-state index in [1.165, 1.54) is 193 Å². The highest BCUT2D eigenvalue weighted by molar-refractivity contribution is 7.47. The van der Waals surface area contributed by atoms with Crippen molar-refractivity contribution >= 4 is 13.7 Å². The van der Waals surface area contributed by atoms with Gasteiger partial charge in [-0.2, -0.15) is 0 Å². The molecule has 0 radical (unpaired) electrons. The van der Waals surface area contributed by atoms with Crippen LogP contribution in [-0.2, 0) is 18.4 Å². The van der Waals surface area contributed by atoms with Gasteiger partial charge in [-0.25, -0.2) is 4.57 Å². The number of carbonyl (C=O) groups excluding carboxylic acids is 1. The Kier molecular flexibility index (Phi) is 45.4. The van der Waals surface area contributed by atoms with Crippen LogP contribution in [0.15, 0.2) is 24.3 Å². The molecule has 0 saturated carbocycles. The molecule has 0 saturated heterocycles. The van der Waals surface area contributed by atoms with Crippen molar-refractivity contribution < 1.29 is 32.9 Å². The Morgan fingerprint density at radius 3 is 1.30 bits per heavy atom. The molecule has 0 rings (SSSR count). The third-order valence-electron chi connectivity index (χ3n) is 12.5. The maximum absolute atomic E-state index is 13.0. The number of hydrogen-bond donors (Lipinski definition) is 3. The summed E-state index contributed by atoms with van der Waals surface area (Å²) in [6, 6.07) is -0.759. The Bertz CT molecular complexity index is 1080. The van der Waals surface area contributed by atoms with Crippen LogP contribution >= 0.6 is 7.82 Å². The van der Waals surface area contributed by atoms with Crippen LogP contribution in [0.2, 0.25) is 0 Å². The minimum Gasteiger partial charge on any atom is -0.391 e. The molecule has 0 fully saturated rings. The number of aliphatic hydroxyl groups is 1. The van der Waals surface area contributed by atoms with Crippen molar-refractivity contribution in [2.24, 2.45) is 0 Å². The zero-order valence-corrected chi connectivity index (χ0v) is 43.5. The van der Waals surface area contributed by atoms with Gasteiger partial charge in [0.15, 0.2) is 0 Å². The first-order valence-corrected chi connectivity index (χ1v) is 28.7. The molecular weight excluding hydrogens is 804 g/mol. The summed E-state index contributed by atoms with van der Waals surface area (Å²) in [4.78, 5) is 23.3. The van der Waals surface area contributed by atoms with Gasteiger partial charge in [-0.15, -0.1) is 0 Å². The van der Waals surface area contributed by atoms with Crippen molar-refractivity contribution in [1.29, 1.82) is 0 Å². The number of amides is 1. The molecule has 8 nitrogen and oxygen atoms in total. The number of nitrogens with one attached hydrogen (secondary N) is 1. The van der Waals surface area contributed by atoms with E-state index in [1.54, 1.807) is 0 Å². The summed E-state index contributed by atoms with van der Waals surface area (Å²) in [5.74, 6) is -0.144. The summed E-state index contributed by atoms with van der Waals surface area (Å²) in [6.07, 6.45) is 56.5. The van der Waals surface area contributed by atoms with Crippen LogP contribution in [-0.4, -0.2) is 73.4 Å². The third kappa shape index (κ3) is 48.7. The van der Waals surface area contributed by atoms with E-state index in [0.717, 1.165) is 44.9 Å². The predicted molar refractivity (Wildman–Crippen MR) is 272 cm³/mol. The summed E-state index contributed by atoms with van der Waals surface area (Å²) in [5.41, 5.74) is 0. The van der Waals surface area contributed by atoms with Gasteiger partial charge in [-0.1, -0.05) is 237 Å². The number of quaternary nitrogens is 1. The fraction of sp³-hybridized carbons (Fsp3) is 0.907. The van der Waals surface area contributed by atoms with Crippen LogP contribution in [0.4, 0.5) is 0 Å². The zero-order chi connectivity index (χ0) is 46.4. The van der Waals surface area contributed by atoms with E-state index in [-0.39, 0.29) is 19.1 Å². The van der Waals surface area contributed by atoms with Crippen LogP contribution in [0, 0.1) is 0 Å². The van der Waals surface area contributed by atoms with E-state index in [0.29, 0.717) is 23.9 Å². The van der Waals surface area contributed by atoms with Gasteiger partial charge in [0, 0.05) is 6.42 Å². The van der Waals surface area contributed by atoms with Crippen LogP contribution in [0.1, 0.15) is 264 Å². The molecule has 0 aliphatic heterocycles. The smallest absolute Gasteiger partial charge is 0.391 e. The molecule has 0 aliphatic carbocycles. The van der Waals surface area contributed by atoms with Gasteiger partial charge in [-0.3, -0.25) is 13.8 Å².